The minimum Gasteiger partial charge on any atom is -0.493 e. The van der Waals surface area contributed by atoms with E-state index in [4.69, 9.17) is 14.2 Å². The van der Waals surface area contributed by atoms with Crippen LogP contribution in [0.5, 0.6) is 11.5 Å². The Morgan fingerprint density at radius 2 is 1.61 bits per heavy atom. The van der Waals surface area contributed by atoms with Crippen LogP contribution < -0.4 is 25.0 Å². The zero-order chi connectivity index (χ0) is 19.9. The van der Waals surface area contributed by atoms with Crippen molar-refractivity contribution in [3.63, 3.8) is 0 Å². The van der Waals surface area contributed by atoms with Gasteiger partial charge in [-0.05, 0) is 24.3 Å². The molecule has 0 atom stereocenters. The third-order valence-electron chi connectivity index (χ3n) is 4.35. The number of benzene rings is 2. The van der Waals surface area contributed by atoms with E-state index in [9.17, 15) is 9.59 Å². The summed E-state index contributed by atoms with van der Waals surface area (Å²) in [5, 5.41) is 5.26. The zero-order valence-corrected chi connectivity index (χ0v) is 15.9. The van der Waals surface area contributed by atoms with E-state index in [0.29, 0.717) is 36.1 Å². The summed E-state index contributed by atoms with van der Waals surface area (Å²) < 4.78 is 15.7. The molecule has 2 amide bonds. The monoisotopic (exact) mass is 385 g/mol. The van der Waals surface area contributed by atoms with Gasteiger partial charge in [0.1, 0.15) is 0 Å². The summed E-state index contributed by atoms with van der Waals surface area (Å²) in [7, 11) is 3.02. The first-order valence-corrected chi connectivity index (χ1v) is 8.88. The van der Waals surface area contributed by atoms with Crippen LogP contribution in [0.3, 0.4) is 0 Å². The molecular formula is C20H23N3O5. The Morgan fingerprint density at radius 3 is 2.32 bits per heavy atom. The maximum Gasteiger partial charge on any atom is 0.314 e. The van der Waals surface area contributed by atoms with Gasteiger partial charge in [-0.2, -0.15) is 0 Å². The molecule has 1 aliphatic rings. The number of hydrogen-bond donors (Lipinski definition) is 2. The van der Waals surface area contributed by atoms with E-state index in [-0.39, 0.29) is 0 Å². The van der Waals surface area contributed by atoms with Crippen LogP contribution in [0.4, 0.5) is 17.1 Å². The SMILES string of the molecule is COc1ccc(NC(=O)C(=O)Nc2ccccc2N2CCOCC2)cc1OC. The van der Waals surface area contributed by atoms with Gasteiger partial charge in [0.05, 0.1) is 38.8 Å². The number of carbonyl (C=O) groups is 2. The average Bonchev–Trinajstić information content (AvgIpc) is 2.74. The fourth-order valence-corrected chi connectivity index (χ4v) is 2.94. The molecule has 2 aromatic rings. The van der Waals surface area contributed by atoms with Crippen LogP contribution in [0.25, 0.3) is 0 Å². The largest absolute Gasteiger partial charge is 0.493 e. The van der Waals surface area contributed by atoms with Gasteiger partial charge >= 0.3 is 11.8 Å². The van der Waals surface area contributed by atoms with Crippen LogP contribution in [0.15, 0.2) is 42.5 Å². The molecule has 0 radical (unpaired) electrons. The Labute approximate surface area is 163 Å². The summed E-state index contributed by atoms with van der Waals surface area (Å²) in [4.78, 5) is 26.9. The van der Waals surface area contributed by atoms with Gasteiger partial charge in [-0.25, -0.2) is 0 Å². The van der Waals surface area contributed by atoms with Gasteiger partial charge in [0, 0.05) is 24.8 Å². The van der Waals surface area contributed by atoms with Crippen molar-refractivity contribution in [1.29, 1.82) is 0 Å². The molecular weight excluding hydrogens is 362 g/mol. The maximum absolute atomic E-state index is 12.4. The van der Waals surface area contributed by atoms with Crippen molar-refractivity contribution in [1.82, 2.24) is 0 Å². The van der Waals surface area contributed by atoms with Crippen molar-refractivity contribution < 1.29 is 23.8 Å². The minimum absolute atomic E-state index is 0.430. The molecule has 2 aromatic carbocycles. The predicted molar refractivity (Wildman–Crippen MR) is 106 cm³/mol. The molecule has 28 heavy (non-hydrogen) atoms. The Bertz CT molecular complexity index is 849. The highest BCUT2D eigenvalue weighted by atomic mass is 16.5. The number of morpholine rings is 1. The summed E-state index contributed by atoms with van der Waals surface area (Å²) in [6.07, 6.45) is 0. The highest BCUT2D eigenvalue weighted by Crippen LogP contribution is 2.30. The number of hydrogen-bond acceptors (Lipinski definition) is 6. The number of carbonyl (C=O) groups excluding carboxylic acids is 2. The third-order valence-corrected chi connectivity index (χ3v) is 4.35. The van der Waals surface area contributed by atoms with Crippen LogP contribution in [0, 0.1) is 0 Å². The number of para-hydroxylation sites is 2. The second kappa shape index (κ2) is 9.09. The lowest BCUT2D eigenvalue weighted by atomic mass is 10.2. The van der Waals surface area contributed by atoms with Crippen LogP contribution in [-0.4, -0.2) is 52.3 Å². The Hall–Kier alpha value is -3.26. The second-order valence-electron chi connectivity index (χ2n) is 6.09. The molecule has 1 saturated heterocycles. The van der Waals surface area contributed by atoms with Crippen molar-refractivity contribution >= 4 is 28.9 Å². The first-order chi connectivity index (χ1) is 13.6. The van der Waals surface area contributed by atoms with Gasteiger partial charge in [0.25, 0.3) is 0 Å². The molecule has 148 valence electrons. The maximum atomic E-state index is 12.4. The second-order valence-corrected chi connectivity index (χ2v) is 6.09. The fraction of sp³-hybridized carbons (Fsp3) is 0.300. The number of nitrogens with zero attached hydrogens (tertiary/aromatic N) is 1. The summed E-state index contributed by atoms with van der Waals surface area (Å²) in [6, 6.07) is 12.3. The van der Waals surface area contributed by atoms with Gasteiger partial charge in [0.2, 0.25) is 0 Å². The summed E-state index contributed by atoms with van der Waals surface area (Å²) in [5.41, 5.74) is 1.87. The highest BCUT2D eigenvalue weighted by molar-refractivity contribution is 6.44. The lowest BCUT2D eigenvalue weighted by molar-refractivity contribution is -0.132. The smallest absolute Gasteiger partial charge is 0.314 e. The van der Waals surface area contributed by atoms with Crippen molar-refractivity contribution in [3.8, 4) is 11.5 Å². The molecule has 2 N–H and O–H groups in total. The minimum atomic E-state index is -0.774. The number of amides is 2. The number of anilines is 3. The standard InChI is InChI=1S/C20H23N3O5/c1-26-17-8-7-14(13-18(17)27-2)21-19(24)20(25)22-15-5-3-4-6-16(15)23-9-11-28-12-10-23/h3-8,13H,9-12H2,1-2H3,(H,21,24)(H,22,25). The highest BCUT2D eigenvalue weighted by Gasteiger charge is 2.19. The first-order valence-electron chi connectivity index (χ1n) is 8.88. The molecule has 1 heterocycles. The molecule has 1 aliphatic heterocycles. The fourth-order valence-electron chi connectivity index (χ4n) is 2.94. The lowest BCUT2D eigenvalue weighted by Crippen LogP contribution is -2.37. The van der Waals surface area contributed by atoms with E-state index in [2.05, 4.69) is 15.5 Å². The van der Waals surface area contributed by atoms with E-state index in [1.807, 2.05) is 18.2 Å². The average molecular weight is 385 g/mol. The van der Waals surface area contributed by atoms with Crippen molar-refractivity contribution in [2.45, 2.75) is 0 Å². The molecule has 0 aliphatic carbocycles. The number of nitrogens with one attached hydrogen (secondary N) is 2. The van der Waals surface area contributed by atoms with Gasteiger partial charge in [-0.3, -0.25) is 9.59 Å². The van der Waals surface area contributed by atoms with Crippen molar-refractivity contribution in [3.05, 3.63) is 42.5 Å². The van der Waals surface area contributed by atoms with Crippen LogP contribution in [0.2, 0.25) is 0 Å². The Morgan fingerprint density at radius 1 is 0.929 bits per heavy atom. The van der Waals surface area contributed by atoms with Crippen molar-refractivity contribution in [2.75, 3.05) is 56.1 Å². The van der Waals surface area contributed by atoms with Crippen LogP contribution in [0.1, 0.15) is 0 Å². The number of rotatable bonds is 5. The first kappa shape index (κ1) is 19.5. The van der Waals surface area contributed by atoms with Gasteiger partial charge in [-0.15, -0.1) is 0 Å². The number of ether oxygens (including phenoxy) is 3. The molecule has 0 aromatic heterocycles. The Kier molecular flexibility index (Phi) is 6.33. The quantitative estimate of drug-likeness (QED) is 0.767. The topological polar surface area (TPSA) is 89.1 Å². The molecule has 0 spiro atoms. The molecule has 0 unspecified atom stereocenters. The van der Waals surface area contributed by atoms with E-state index in [1.165, 1.54) is 14.2 Å². The third kappa shape index (κ3) is 4.52. The molecule has 3 rings (SSSR count). The van der Waals surface area contributed by atoms with E-state index < -0.39 is 11.8 Å². The molecule has 8 heteroatoms. The van der Waals surface area contributed by atoms with E-state index in [1.54, 1.807) is 24.3 Å². The van der Waals surface area contributed by atoms with E-state index in [0.717, 1.165) is 18.8 Å². The van der Waals surface area contributed by atoms with Gasteiger partial charge in [0.15, 0.2) is 11.5 Å². The van der Waals surface area contributed by atoms with Crippen LogP contribution >= 0.6 is 0 Å². The summed E-state index contributed by atoms with van der Waals surface area (Å²) >= 11 is 0. The number of methoxy groups -OCH3 is 2. The normalized spacial score (nSPS) is 13.6. The molecule has 8 nitrogen and oxygen atoms in total. The lowest BCUT2D eigenvalue weighted by Gasteiger charge is -2.30. The Balaban J connectivity index is 1.69. The van der Waals surface area contributed by atoms with E-state index >= 15 is 0 Å². The van der Waals surface area contributed by atoms with Crippen molar-refractivity contribution in [2.24, 2.45) is 0 Å². The summed E-state index contributed by atoms with van der Waals surface area (Å²) in [5.74, 6) is -0.540. The molecule has 1 fully saturated rings. The zero-order valence-electron chi connectivity index (χ0n) is 15.9. The summed E-state index contributed by atoms with van der Waals surface area (Å²) in [6.45, 7) is 2.71. The van der Waals surface area contributed by atoms with Gasteiger partial charge in [-0.1, -0.05) is 12.1 Å². The molecule has 0 bridgehead atoms. The predicted octanol–water partition coefficient (Wildman–Crippen LogP) is 2.12. The van der Waals surface area contributed by atoms with Gasteiger partial charge < -0.3 is 29.7 Å². The molecule has 0 saturated carbocycles. The van der Waals surface area contributed by atoms with Crippen LogP contribution in [-0.2, 0) is 14.3 Å².